The summed E-state index contributed by atoms with van der Waals surface area (Å²) < 4.78 is 10.3. The second kappa shape index (κ2) is 6.52. The van der Waals surface area contributed by atoms with E-state index in [1.165, 1.54) is 7.11 Å². The maximum Gasteiger partial charge on any atom is 0.337 e. The Kier molecular flexibility index (Phi) is 4.74. The van der Waals surface area contributed by atoms with Gasteiger partial charge in [0.25, 0.3) is 0 Å². The highest BCUT2D eigenvalue weighted by Crippen LogP contribution is 2.26. The van der Waals surface area contributed by atoms with Crippen LogP contribution in [-0.2, 0) is 14.3 Å². The molecule has 108 valence electrons. The topological polar surface area (TPSA) is 55.8 Å². The summed E-state index contributed by atoms with van der Waals surface area (Å²) in [5, 5.41) is 0. The van der Waals surface area contributed by atoms with Gasteiger partial charge >= 0.3 is 5.97 Å². The van der Waals surface area contributed by atoms with E-state index in [0.29, 0.717) is 25.3 Å². The molecule has 20 heavy (non-hydrogen) atoms. The SMILES string of the molecule is COC(=O)c1ccc(C)c(C2COCCCN2C=O)c1. The zero-order valence-electron chi connectivity index (χ0n) is 11.8. The van der Waals surface area contributed by atoms with Gasteiger partial charge in [0.15, 0.2) is 0 Å². The van der Waals surface area contributed by atoms with Crippen molar-refractivity contribution in [1.29, 1.82) is 0 Å². The van der Waals surface area contributed by atoms with Crippen LogP contribution in [0.5, 0.6) is 0 Å². The van der Waals surface area contributed by atoms with Crippen LogP contribution < -0.4 is 0 Å². The van der Waals surface area contributed by atoms with Gasteiger partial charge in [0, 0.05) is 13.2 Å². The Labute approximate surface area is 118 Å². The molecule has 1 atom stereocenters. The number of ether oxygens (including phenoxy) is 2. The first-order valence-electron chi connectivity index (χ1n) is 6.65. The zero-order chi connectivity index (χ0) is 14.5. The van der Waals surface area contributed by atoms with Crippen LogP contribution in [0.4, 0.5) is 0 Å². The lowest BCUT2D eigenvalue weighted by molar-refractivity contribution is -0.120. The van der Waals surface area contributed by atoms with E-state index in [1.54, 1.807) is 17.0 Å². The van der Waals surface area contributed by atoms with Crippen LogP contribution in [0, 0.1) is 6.92 Å². The van der Waals surface area contributed by atoms with Crippen molar-refractivity contribution in [3.05, 3.63) is 34.9 Å². The summed E-state index contributed by atoms with van der Waals surface area (Å²) >= 11 is 0. The van der Waals surface area contributed by atoms with Crippen LogP contribution >= 0.6 is 0 Å². The molecule has 5 nitrogen and oxygen atoms in total. The van der Waals surface area contributed by atoms with Crippen molar-refractivity contribution in [2.24, 2.45) is 0 Å². The molecular formula is C15H19NO4. The molecule has 0 radical (unpaired) electrons. The molecule has 1 aliphatic rings. The van der Waals surface area contributed by atoms with Crippen LogP contribution in [0.3, 0.4) is 0 Å². The normalized spacial score (nSPS) is 19.3. The van der Waals surface area contributed by atoms with Crippen molar-refractivity contribution in [2.45, 2.75) is 19.4 Å². The van der Waals surface area contributed by atoms with Gasteiger partial charge in [0.05, 0.1) is 25.3 Å². The van der Waals surface area contributed by atoms with Gasteiger partial charge in [-0.3, -0.25) is 4.79 Å². The number of nitrogens with zero attached hydrogens (tertiary/aromatic N) is 1. The van der Waals surface area contributed by atoms with Gasteiger partial charge < -0.3 is 14.4 Å². The van der Waals surface area contributed by atoms with Crippen LogP contribution in [0.1, 0.15) is 33.9 Å². The summed E-state index contributed by atoms with van der Waals surface area (Å²) in [6, 6.07) is 5.24. The predicted molar refractivity (Wildman–Crippen MR) is 73.5 cm³/mol. The number of benzene rings is 1. The molecule has 5 heteroatoms. The van der Waals surface area contributed by atoms with E-state index in [0.717, 1.165) is 24.0 Å². The van der Waals surface area contributed by atoms with Crippen LogP contribution in [-0.4, -0.2) is 44.1 Å². The fraction of sp³-hybridized carbons (Fsp3) is 0.467. The number of carbonyl (C=O) groups excluding carboxylic acids is 2. The van der Waals surface area contributed by atoms with Crippen molar-refractivity contribution >= 4 is 12.4 Å². The highest BCUT2D eigenvalue weighted by atomic mass is 16.5. The molecule has 0 N–H and O–H groups in total. The van der Waals surface area contributed by atoms with E-state index in [4.69, 9.17) is 9.47 Å². The average molecular weight is 277 g/mol. The molecule has 0 bridgehead atoms. The fourth-order valence-electron chi connectivity index (χ4n) is 2.43. The number of hydrogen-bond acceptors (Lipinski definition) is 4. The van der Waals surface area contributed by atoms with Gasteiger partial charge in [-0.15, -0.1) is 0 Å². The standard InChI is InChI=1S/C15H19NO4/c1-11-4-5-12(15(18)19-2)8-13(11)14-9-20-7-3-6-16(14)10-17/h4-5,8,10,14H,3,6-7,9H2,1-2H3. The van der Waals surface area contributed by atoms with Gasteiger partial charge in [-0.1, -0.05) is 6.07 Å². The summed E-state index contributed by atoms with van der Waals surface area (Å²) in [5.74, 6) is -0.376. The van der Waals surface area contributed by atoms with E-state index in [9.17, 15) is 9.59 Å². The Bertz CT molecular complexity index is 501. The van der Waals surface area contributed by atoms with E-state index in [1.807, 2.05) is 13.0 Å². The third-order valence-corrected chi connectivity index (χ3v) is 3.58. The monoisotopic (exact) mass is 277 g/mol. The number of aryl methyl sites for hydroxylation is 1. The van der Waals surface area contributed by atoms with E-state index >= 15 is 0 Å². The van der Waals surface area contributed by atoms with Crippen molar-refractivity contribution in [1.82, 2.24) is 4.90 Å². The highest BCUT2D eigenvalue weighted by molar-refractivity contribution is 5.89. The first-order chi connectivity index (χ1) is 9.67. The summed E-state index contributed by atoms with van der Waals surface area (Å²) in [6.45, 7) is 3.72. The second-order valence-electron chi connectivity index (χ2n) is 4.85. The number of esters is 1. The predicted octanol–water partition coefficient (Wildman–Crippen LogP) is 1.70. The third-order valence-electron chi connectivity index (χ3n) is 3.58. The lowest BCUT2D eigenvalue weighted by Gasteiger charge is -2.27. The first kappa shape index (κ1) is 14.5. The van der Waals surface area contributed by atoms with Crippen LogP contribution in [0.15, 0.2) is 18.2 Å². The van der Waals surface area contributed by atoms with Crippen molar-refractivity contribution in [3.63, 3.8) is 0 Å². The molecule has 0 spiro atoms. The largest absolute Gasteiger partial charge is 0.465 e. The van der Waals surface area contributed by atoms with Gasteiger partial charge in [-0.2, -0.15) is 0 Å². The number of carbonyl (C=O) groups is 2. The fourth-order valence-corrected chi connectivity index (χ4v) is 2.43. The summed E-state index contributed by atoms with van der Waals surface area (Å²) in [6.07, 6.45) is 1.68. The van der Waals surface area contributed by atoms with E-state index < -0.39 is 0 Å². The molecule has 1 aromatic rings. The Morgan fingerprint density at radius 3 is 3.00 bits per heavy atom. The summed E-state index contributed by atoms with van der Waals surface area (Å²) in [5.41, 5.74) is 2.45. The maximum atomic E-state index is 11.6. The molecule has 1 heterocycles. The molecule has 0 saturated carbocycles. The minimum atomic E-state index is -0.376. The molecule has 1 saturated heterocycles. The molecular weight excluding hydrogens is 258 g/mol. The minimum Gasteiger partial charge on any atom is -0.465 e. The second-order valence-corrected chi connectivity index (χ2v) is 4.85. The molecule has 1 unspecified atom stereocenters. The van der Waals surface area contributed by atoms with Crippen molar-refractivity contribution in [2.75, 3.05) is 26.9 Å². The molecule has 2 rings (SSSR count). The highest BCUT2D eigenvalue weighted by Gasteiger charge is 2.24. The summed E-state index contributed by atoms with van der Waals surface area (Å²) in [7, 11) is 1.36. The molecule has 1 aliphatic heterocycles. The van der Waals surface area contributed by atoms with Gasteiger partial charge in [0.1, 0.15) is 0 Å². The van der Waals surface area contributed by atoms with E-state index in [-0.39, 0.29) is 12.0 Å². The molecule has 1 amide bonds. The maximum absolute atomic E-state index is 11.6. The number of amides is 1. The Hall–Kier alpha value is -1.88. The molecule has 0 aliphatic carbocycles. The van der Waals surface area contributed by atoms with E-state index in [2.05, 4.69) is 0 Å². The lowest BCUT2D eigenvalue weighted by Crippen LogP contribution is -2.30. The average Bonchev–Trinajstić information content (AvgIpc) is 2.72. The summed E-state index contributed by atoms with van der Waals surface area (Å²) in [4.78, 5) is 24.6. The van der Waals surface area contributed by atoms with Crippen LogP contribution in [0.25, 0.3) is 0 Å². The Balaban J connectivity index is 2.37. The Morgan fingerprint density at radius 2 is 2.30 bits per heavy atom. The van der Waals surface area contributed by atoms with Gasteiger partial charge in [0.2, 0.25) is 6.41 Å². The smallest absolute Gasteiger partial charge is 0.337 e. The first-order valence-corrected chi connectivity index (χ1v) is 6.65. The van der Waals surface area contributed by atoms with Gasteiger partial charge in [-0.05, 0) is 36.6 Å². The minimum absolute atomic E-state index is 0.153. The lowest BCUT2D eigenvalue weighted by atomic mass is 9.98. The molecule has 1 aromatic carbocycles. The third kappa shape index (κ3) is 2.99. The molecule has 1 fully saturated rings. The molecule has 0 aromatic heterocycles. The van der Waals surface area contributed by atoms with Crippen LogP contribution in [0.2, 0.25) is 0 Å². The number of hydrogen-bond donors (Lipinski definition) is 0. The van der Waals surface area contributed by atoms with Crippen molar-refractivity contribution < 1.29 is 19.1 Å². The number of rotatable bonds is 3. The zero-order valence-corrected chi connectivity index (χ0v) is 11.8. The Morgan fingerprint density at radius 1 is 1.50 bits per heavy atom. The quantitative estimate of drug-likeness (QED) is 0.623. The number of methoxy groups -OCH3 is 1. The van der Waals surface area contributed by atoms with Crippen molar-refractivity contribution in [3.8, 4) is 0 Å². The van der Waals surface area contributed by atoms with Gasteiger partial charge in [-0.25, -0.2) is 4.79 Å².